The fraction of sp³-hybridized carbons (Fsp3) is 0.300. The Morgan fingerprint density at radius 1 is 0.538 bits per heavy atom. The second-order valence-corrected chi connectivity index (χ2v) is 16.2. The predicted molar refractivity (Wildman–Crippen MR) is 202 cm³/mol. The minimum atomic E-state index is -0.775. The molecule has 0 unspecified atom stereocenters. The third-order valence-corrected chi connectivity index (χ3v) is 10.2. The zero-order chi connectivity index (χ0) is 37.5. The lowest BCUT2D eigenvalue weighted by Gasteiger charge is -2.22. The summed E-state index contributed by atoms with van der Waals surface area (Å²) in [5.41, 5.74) is 2.51. The largest absolute Gasteiger partial charge is 0.514 e. The summed E-state index contributed by atoms with van der Waals surface area (Å²) in [6, 6.07) is 22.0. The maximum Gasteiger partial charge on any atom is 0.514 e. The van der Waals surface area contributed by atoms with Crippen molar-refractivity contribution in [2.75, 3.05) is 13.1 Å². The first-order valence-electron chi connectivity index (χ1n) is 16.9. The summed E-state index contributed by atoms with van der Waals surface area (Å²) in [6.07, 6.45) is -1.55. The van der Waals surface area contributed by atoms with Gasteiger partial charge in [-0.3, -0.25) is 9.59 Å². The van der Waals surface area contributed by atoms with Gasteiger partial charge in [0.15, 0.2) is 0 Å². The van der Waals surface area contributed by atoms with Crippen molar-refractivity contribution in [2.45, 2.75) is 66.6 Å². The van der Waals surface area contributed by atoms with E-state index in [1.807, 2.05) is 62.4 Å². The Morgan fingerprint density at radius 2 is 0.865 bits per heavy atom. The number of likely N-dealkylation sites (N-methyl/N-ethyl adjacent to an activating group) is 2. The van der Waals surface area contributed by atoms with Gasteiger partial charge in [0.1, 0.15) is 22.7 Å². The van der Waals surface area contributed by atoms with E-state index in [2.05, 4.69) is 0 Å². The summed E-state index contributed by atoms with van der Waals surface area (Å²) in [5, 5.41) is 0. The molecule has 0 N–H and O–H groups in total. The average Bonchev–Trinajstić information content (AvgIpc) is 3.84. The Morgan fingerprint density at radius 3 is 1.17 bits per heavy atom. The molecule has 2 amide bonds. The molecule has 12 heteroatoms. The Labute approximate surface area is 310 Å². The highest BCUT2D eigenvalue weighted by Gasteiger charge is 2.48. The molecule has 2 aromatic carbocycles. The third kappa shape index (κ3) is 7.54. The molecule has 6 rings (SSSR count). The number of thiophene rings is 2. The number of hydrogen-bond acceptors (Lipinski definition) is 10. The molecule has 0 saturated carbocycles. The van der Waals surface area contributed by atoms with Gasteiger partial charge in [-0.1, -0.05) is 0 Å². The molecule has 2 aliphatic heterocycles. The fourth-order valence-corrected chi connectivity index (χ4v) is 8.01. The van der Waals surface area contributed by atoms with Crippen molar-refractivity contribution < 1.29 is 38.1 Å². The molecule has 2 aromatic heterocycles. The van der Waals surface area contributed by atoms with E-state index in [4.69, 9.17) is 18.9 Å². The van der Waals surface area contributed by atoms with E-state index in [-0.39, 0.29) is 11.8 Å². The minimum Gasteiger partial charge on any atom is -0.428 e. The van der Waals surface area contributed by atoms with Gasteiger partial charge in [-0.15, -0.1) is 22.7 Å². The van der Waals surface area contributed by atoms with E-state index in [9.17, 15) is 19.2 Å². The van der Waals surface area contributed by atoms with Crippen molar-refractivity contribution >= 4 is 58.2 Å². The van der Waals surface area contributed by atoms with Crippen LogP contribution >= 0.6 is 22.7 Å². The molecule has 270 valence electrons. The van der Waals surface area contributed by atoms with E-state index in [0.717, 1.165) is 30.6 Å². The number of amides is 2. The van der Waals surface area contributed by atoms with Gasteiger partial charge >= 0.3 is 12.3 Å². The van der Waals surface area contributed by atoms with Crippen LogP contribution in [0.3, 0.4) is 0 Å². The molecule has 4 heterocycles. The normalized spacial score (nSPS) is 14.7. The third-order valence-electron chi connectivity index (χ3n) is 7.95. The van der Waals surface area contributed by atoms with Gasteiger partial charge in [-0.25, -0.2) is 9.59 Å². The number of rotatable bonds is 8. The maximum atomic E-state index is 14.1. The lowest BCUT2D eigenvalue weighted by atomic mass is 10.1. The van der Waals surface area contributed by atoms with Crippen molar-refractivity contribution in [1.82, 2.24) is 9.80 Å². The van der Waals surface area contributed by atoms with Crippen molar-refractivity contribution in [3.05, 3.63) is 93.7 Å². The Kier molecular flexibility index (Phi) is 9.91. The highest BCUT2D eigenvalue weighted by atomic mass is 32.1. The Bertz CT molecular complexity index is 1960. The summed E-state index contributed by atoms with van der Waals surface area (Å²) in [7, 11) is 0. The first-order chi connectivity index (χ1) is 24.6. The quantitative estimate of drug-likeness (QED) is 0.130. The van der Waals surface area contributed by atoms with Gasteiger partial charge in [0, 0.05) is 22.8 Å². The standard InChI is InChI=1S/C40H40N2O8S2/c1-9-41-33(29-21-19-27(51-29)23-11-15-25(16-12-23)47-37(45)49-39(3,4)5)31-32(35(41)43)34(42(10-2)36(31)44)30-22-20-28(52-30)24-13-17-26(18-14-24)48-38(46)50-40(6,7)8/h11-22H,9-10H2,1-8H3. The highest BCUT2D eigenvalue weighted by Crippen LogP contribution is 2.49. The fourth-order valence-electron chi connectivity index (χ4n) is 5.86. The van der Waals surface area contributed by atoms with E-state index in [1.165, 1.54) is 22.7 Å². The van der Waals surface area contributed by atoms with Gasteiger partial charge < -0.3 is 28.7 Å². The van der Waals surface area contributed by atoms with Crippen LogP contribution in [0.4, 0.5) is 9.59 Å². The van der Waals surface area contributed by atoms with Crippen molar-refractivity contribution in [3.63, 3.8) is 0 Å². The summed E-state index contributed by atoms with van der Waals surface area (Å²) < 4.78 is 21.1. The molecule has 52 heavy (non-hydrogen) atoms. The first kappa shape index (κ1) is 36.6. The summed E-state index contributed by atoms with van der Waals surface area (Å²) >= 11 is 2.97. The van der Waals surface area contributed by atoms with Crippen LogP contribution in [0.1, 0.15) is 65.1 Å². The van der Waals surface area contributed by atoms with Crippen LogP contribution in [0, 0.1) is 0 Å². The molecule has 0 atom stereocenters. The zero-order valence-electron chi connectivity index (χ0n) is 30.3. The van der Waals surface area contributed by atoms with Crippen LogP contribution in [0.2, 0.25) is 0 Å². The molecular weight excluding hydrogens is 701 g/mol. The maximum absolute atomic E-state index is 14.1. The van der Waals surface area contributed by atoms with E-state index in [0.29, 0.717) is 47.1 Å². The number of carbonyl (C=O) groups excluding carboxylic acids is 4. The second-order valence-electron chi connectivity index (χ2n) is 14.1. The van der Waals surface area contributed by atoms with Gasteiger partial charge in [-0.2, -0.15) is 0 Å². The van der Waals surface area contributed by atoms with E-state index in [1.54, 1.807) is 75.6 Å². The summed E-state index contributed by atoms with van der Waals surface area (Å²) in [4.78, 5) is 59.3. The number of benzene rings is 2. The van der Waals surface area contributed by atoms with Gasteiger partial charge in [0.25, 0.3) is 11.8 Å². The van der Waals surface area contributed by atoms with Gasteiger partial charge in [0.2, 0.25) is 0 Å². The molecule has 2 aliphatic rings. The SMILES string of the molecule is CCN1C(=O)C2=C(c3ccc(-c4ccc(OC(=O)OC(C)(C)C)cc4)s3)N(CC)C(=O)C2=C1c1ccc(-c2ccc(OC(=O)OC(C)(C)C)cc2)s1. The van der Waals surface area contributed by atoms with Crippen LogP contribution in [0.15, 0.2) is 83.9 Å². The van der Waals surface area contributed by atoms with Crippen molar-refractivity contribution in [1.29, 1.82) is 0 Å². The average molecular weight is 741 g/mol. The number of nitrogens with zero attached hydrogens (tertiary/aromatic N) is 2. The van der Waals surface area contributed by atoms with Crippen LogP contribution in [-0.2, 0) is 19.1 Å². The molecule has 0 radical (unpaired) electrons. The molecule has 0 spiro atoms. The second kappa shape index (κ2) is 14.1. The van der Waals surface area contributed by atoms with E-state index >= 15 is 0 Å². The monoisotopic (exact) mass is 740 g/mol. The number of ether oxygens (including phenoxy) is 4. The predicted octanol–water partition coefficient (Wildman–Crippen LogP) is 9.62. The number of fused-ring (bicyclic) bond motifs is 1. The van der Waals surface area contributed by atoms with Crippen LogP contribution in [0.5, 0.6) is 11.5 Å². The lowest BCUT2D eigenvalue weighted by Crippen LogP contribution is -2.29. The molecular formula is C40H40N2O8S2. The van der Waals surface area contributed by atoms with E-state index < -0.39 is 23.5 Å². The van der Waals surface area contributed by atoms with Crippen LogP contribution < -0.4 is 9.47 Å². The van der Waals surface area contributed by atoms with Crippen molar-refractivity contribution in [2.24, 2.45) is 0 Å². The molecule has 4 aromatic rings. The zero-order valence-corrected chi connectivity index (χ0v) is 32.0. The van der Waals surface area contributed by atoms with Crippen LogP contribution in [-0.4, -0.2) is 58.2 Å². The number of hydrogen-bond donors (Lipinski definition) is 0. The molecule has 10 nitrogen and oxygen atoms in total. The number of carbonyl (C=O) groups is 4. The molecule has 0 fully saturated rings. The molecule has 0 aliphatic carbocycles. The van der Waals surface area contributed by atoms with Gasteiger partial charge in [-0.05, 0) is 139 Å². The Balaban J connectivity index is 1.29. The topological polar surface area (TPSA) is 112 Å². The summed E-state index contributed by atoms with van der Waals surface area (Å²) in [5.74, 6) is 0.309. The highest BCUT2D eigenvalue weighted by molar-refractivity contribution is 7.17. The van der Waals surface area contributed by atoms with Crippen LogP contribution in [0.25, 0.3) is 32.3 Å². The lowest BCUT2D eigenvalue weighted by molar-refractivity contribution is -0.124. The first-order valence-corrected chi connectivity index (χ1v) is 18.6. The molecule has 0 bridgehead atoms. The smallest absolute Gasteiger partial charge is 0.428 e. The molecule has 0 saturated heterocycles. The Hall–Kier alpha value is -5.20. The summed E-state index contributed by atoms with van der Waals surface area (Å²) in [6.45, 7) is 15.2. The van der Waals surface area contributed by atoms with Gasteiger partial charge in [0.05, 0.1) is 32.3 Å². The van der Waals surface area contributed by atoms with Crippen molar-refractivity contribution in [3.8, 4) is 32.4 Å². The minimum absolute atomic E-state index is 0.205.